The fourth-order valence-corrected chi connectivity index (χ4v) is 2.95. The van der Waals surface area contributed by atoms with Gasteiger partial charge in [-0.05, 0) is 26.2 Å². The number of aromatic amines is 1. The zero-order valence-corrected chi connectivity index (χ0v) is 14.1. The average molecular weight is 324 g/mol. The van der Waals surface area contributed by atoms with Gasteiger partial charge >= 0.3 is 11.7 Å². The Hall–Kier alpha value is -2.25. The van der Waals surface area contributed by atoms with Crippen LogP contribution in [0.15, 0.2) is 9.59 Å². The highest BCUT2D eigenvalue weighted by molar-refractivity contribution is 5.71. The van der Waals surface area contributed by atoms with Gasteiger partial charge in [-0.1, -0.05) is 0 Å². The van der Waals surface area contributed by atoms with Crippen molar-refractivity contribution in [2.75, 3.05) is 30.1 Å². The molecule has 0 spiro atoms. The van der Waals surface area contributed by atoms with Gasteiger partial charge in [0.05, 0.1) is 12.8 Å². The van der Waals surface area contributed by atoms with Crippen molar-refractivity contribution < 1.29 is 9.53 Å². The van der Waals surface area contributed by atoms with E-state index in [1.54, 1.807) is 7.05 Å². The number of H-pyrrole nitrogens is 1. The molecule has 1 aliphatic heterocycles. The highest BCUT2D eigenvalue weighted by atomic mass is 16.5. The largest absolute Gasteiger partial charge is 0.463 e. The minimum Gasteiger partial charge on any atom is -0.463 e. The summed E-state index contributed by atoms with van der Waals surface area (Å²) in [6, 6.07) is 0. The van der Waals surface area contributed by atoms with Crippen LogP contribution in [-0.4, -0.2) is 41.9 Å². The van der Waals surface area contributed by atoms with Gasteiger partial charge in [0.25, 0.3) is 5.56 Å². The number of carbonyl (C=O) groups is 1. The molecule has 23 heavy (non-hydrogen) atoms. The van der Waals surface area contributed by atoms with Gasteiger partial charge in [0.1, 0.15) is 11.5 Å². The number of hydrogen-bond acceptors (Lipinski definition) is 6. The van der Waals surface area contributed by atoms with E-state index in [0.29, 0.717) is 18.2 Å². The monoisotopic (exact) mass is 324 g/mol. The maximum absolute atomic E-state index is 12.0. The van der Waals surface area contributed by atoms with Crippen molar-refractivity contribution in [1.29, 1.82) is 0 Å². The van der Waals surface area contributed by atoms with Crippen molar-refractivity contribution >= 4 is 17.5 Å². The fraction of sp³-hybridized carbons (Fsp3) is 0.667. The number of nitrogens with zero attached hydrogens (tertiary/aromatic N) is 3. The Morgan fingerprint density at radius 2 is 2.00 bits per heavy atom. The van der Waals surface area contributed by atoms with Crippen molar-refractivity contribution in [2.24, 2.45) is 7.05 Å². The summed E-state index contributed by atoms with van der Waals surface area (Å²) in [6.45, 7) is 4.60. The standard InChI is InChI=1S/C15H24N4O4/c1-10(23-11(2)20)7-5-6-8-19-9-17(3)12-13(21)16-15(22)18(4)14(12)19/h10H,5-9H2,1-4H3,(H,16,21,22)/t10-/m1/s1. The van der Waals surface area contributed by atoms with Gasteiger partial charge in [-0.3, -0.25) is 19.1 Å². The zero-order chi connectivity index (χ0) is 17.1. The molecule has 0 saturated heterocycles. The summed E-state index contributed by atoms with van der Waals surface area (Å²) < 4.78 is 6.57. The second-order valence-electron chi connectivity index (χ2n) is 6.01. The van der Waals surface area contributed by atoms with E-state index in [0.717, 1.165) is 25.8 Å². The molecule has 0 aromatic carbocycles. The van der Waals surface area contributed by atoms with Crippen molar-refractivity contribution in [1.82, 2.24) is 9.55 Å². The number of rotatable bonds is 6. The van der Waals surface area contributed by atoms with Crippen LogP contribution < -0.4 is 21.0 Å². The van der Waals surface area contributed by atoms with Crippen LogP contribution in [0.5, 0.6) is 0 Å². The molecule has 128 valence electrons. The minimum absolute atomic E-state index is 0.0896. The van der Waals surface area contributed by atoms with Crippen molar-refractivity contribution in [3.05, 3.63) is 20.8 Å². The van der Waals surface area contributed by atoms with Gasteiger partial charge in [0.2, 0.25) is 0 Å². The number of carbonyl (C=O) groups excluding carboxylic acids is 1. The molecule has 2 rings (SSSR count). The second-order valence-corrected chi connectivity index (χ2v) is 6.01. The molecule has 0 radical (unpaired) electrons. The molecule has 0 amide bonds. The maximum Gasteiger partial charge on any atom is 0.329 e. The molecule has 1 aromatic rings. The molecule has 0 bridgehead atoms. The number of esters is 1. The average Bonchev–Trinajstić information content (AvgIpc) is 2.77. The van der Waals surface area contributed by atoms with Crippen LogP contribution in [0.1, 0.15) is 33.1 Å². The molecular weight excluding hydrogens is 300 g/mol. The Labute approximate surface area is 134 Å². The van der Waals surface area contributed by atoms with Gasteiger partial charge in [0, 0.05) is 27.6 Å². The number of nitrogens with one attached hydrogen (secondary N) is 1. The molecule has 1 aliphatic rings. The Morgan fingerprint density at radius 3 is 2.65 bits per heavy atom. The smallest absolute Gasteiger partial charge is 0.329 e. The summed E-state index contributed by atoms with van der Waals surface area (Å²) in [5.41, 5.74) is -0.227. The fourth-order valence-electron chi connectivity index (χ4n) is 2.95. The summed E-state index contributed by atoms with van der Waals surface area (Å²) in [6.07, 6.45) is 2.50. The topological polar surface area (TPSA) is 87.6 Å². The lowest BCUT2D eigenvalue weighted by Crippen LogP contribution is -2.32. The molecule has 1 N–H and O–H groups in total. The summed E-state index contributed by atoms with van der Waals surface area (Å²) in [5, 5.41) is 0. The number of ether oxygens (including phenoxy) is 1. The third kappa shape index (κ3) is 3.75. The van der Waals surface area contributed by atoms with Gasteiger partial charge < -0.3 is 14.5 Å². The van der Waals surface area contributed by atoms with E-state index < -0.39 is 5.69 Å². The third-order valence-electron chi connectivity index (χ3n) is 3.99. The van der Waals surface area contributed by atoms with Crippen LogP contribution in [-0.2, 0) is 16.6 Å². The van der Waals surface area contributed by atoms with Crippen molar-refractivity contribution in [3.8, 4) is 0 Å². The van der Waals surface area contributed by atoms with Crippen LogP contribution in [0.3, 0.4) is 0 Å². The first-order valence-corrected chi connectivity index (χ1v) is 7.78. The van der Waals surface area contributed by atoms with E-state index >= 15 is 0 Å². The second kappa shape index (κ2) is 6.89. The number of unbranched alkanes of at least 4 members (excludes halogenated alkanes) is 1. The van der Waals surface area contributed by atoms with Gasteiger partial charge in [-0.15, -0.1) is 0 Å². The Morgan fingerprint density at radius 1 is 1.30 bits per heavy atom. The van der Waals surface area contributed by atoms with E-state index in [9.17, 15) is 14.4 Å². The van der Waals surface area contributed by atoms with Crippen LogP contribution in [0.4, 0.5) is 11.5 Å². The highest BCUT2D eigenvalue weighted by Crippen LogP contribution is 2.29. The summed E-state index contributed by atoms with van der Waals surface area (Å²) in [4.78, 5) is 40.8. The molecule has 8 heteroatoms. The summed E-state index contributed by atoms with van der Waals surface area (Å²) >= 11 is 0. The first-order chi connectivity index (χ1) is 10.8. The van der Waals surface area contributed by atoms with Crippen LogP contribution in [0.2, 0.25) is 0 Å². The predicted octanol–water partition coefficient (Wildman–Crippen LogP) is 0.409. The molecular formula is C15H24N4O4. The Balaban J connectivity index is 1.99. The van der Waals surface area contributed by atoms with Crippen molar-refractivity contribution in [2.45, 2.75) is 39.2 Å². The third-order valence-corrected chi connectivity index (χ3v) is 3.99. The van der Waals surface area contributed by atoms with Gasteiger partial charge in [-0.25, -0.2) is 4.79 Å². The molecule has 0 aliphatic carbocycles. The highest BCUT2D eigenvalue weighted by Gasteiger charge is 2.29. The van der Waals surface area contributed by atoms with Crippen LogP contribution in [0, 0.1) is 0 Å². The summed E-state index contributed by atoms with van der Waals surface area (Å²) in [7, 11) is 3.49. The van der Waals surface area contributed by atoms with E-state index in [4.69, 9.17) is 4.74 Å². The number of anilines is 2. The molecule has 1 atom stereocenters. The molecule has 1 aromatic heterocycles. The molecule has 0 saturated carbocycles. The number of aromatic nitrogens is 2. The summed E-state index contributed by atoms with van der Waals surface area (Å²) in [5.74, 6) is 0.399. The molecule has 0 fully saturated rings. The van der Waals surface area contributed by atoms with Gasteiger partial charge in [-0.2, -0.15) is 0 Å². The Kier molecular flexibility index (Phi) is 5.12. The zero-order valence-electron chi connectivity index (χ0n) is 14.1. The van der Waals surface area contributed by atoms with Crippen LogP contribution >= 0.6 is 0 Å². The maximum atomic E-state index is 12.0. The molecule has 8 nitrogen and oxygen atoms in total. The minimum atomic E-state index is -0.405. The van der Waals surface area contributed by atoms with Crippen LogP contribution in [0.25, 0.3) is 0 Å². The lowest BCUT2D eigenvalue weighted by Gasteiger charge is -2.20. The van der Waals surface area contributed by atoms with Crippen molar-refractivity contribution in [3.63, 3.8) is 0 Å². The molecule has 0 unspecified atom stereocenters. The normalized spacial score (nSPS) is 14.8. The van der Waals surface area contributed by atoms with E-state index in [2.05, 4.69) is 4.98 Å². The Bertz CT molecular complexity index is 694. The number of fused-ring (bicyclic) bond motifs is 1. The first kappa shape index (κ1) is 17.1. The lowest BCUT2D eigenvalue weighted by molar-refractivity contribution is -0.145. The van der Waals surface area contributed by atoms with Gasteiger partial charge in [0.15, 0.2) is 0 Å². The van der Waals surface area contributed by atoms with E-state index in [1.165, 1.54) is 11.5 Å². The van der Waals surface area contributed by atoms with E-state index in [-0.39, 0.29) is 17.6 Å². The quantitative estimate of drug-likeness (QED) is 0.602. The molecule has 2 heterocycles. The first-order valence-electron chi connectivity index (χ1n) is 7.78. The predicted molar refractivity (Wildman–Crippen MR) is 88.0 cm³/mol. The number of hydrogen-bond donors (Lipinski definition) is 1. The van der Waals surface area contributed by atoms with E-state index in [1.807, 2.05) is 23.8 Å². The lowest BCUT2D eigenvalue weighted by atomic mass is 10.1. The SMILES string of the molecule is CC(=O)O[C@H](C)CCCCN1CN(C)c2c1n(C)c(=O)[nH]c2=O.